The maximum Gasteiger partial charge on any atom is 0.255 e. The molecule has 2 atom stereocenters. The van der Waals surface area contributed by atoms with E-state index in [1.165, 1.54) is 0 Å². The van der Waals surface area contributed by atoms with E-state index in [1.807, 2.05) is 60.2 Å². The van der Waals surface area contributed by atoms with Crippen molar-refractivity contribution in [3.63, 3.8) is 0 Å². The number of aryl methyl sites for hydroxylation is 1. The number of hydrogen-bond donors (Lipinski definition) is 4. The number of H-pyrrole nitrogens is 2. The first-order valence-electron chi connectivity index (χ1n) is 23.5. The van der Waals surface area contributed by atoms with Crippen LogP contribution in [0.25, 0.3) is 55.5 Å². The maximum absolute atomic E-state index is 13.1. The van der Waals surface area contributed by atoms with Crippen LogP contribution < -0.4 is 10.6 Å². The van der Waals surface area contributed by atoms with Crippen LogP contribution in [0.15, 0.2) is 65.8 Å². The van der Waals surface area contributed by atoms with Crippen molar-refractivity contribution >= 4 is 111 Å². The number of nitrogens with one attached hydrogen (secondary N) is 4. The third-order valence-corrected chi connectivity index (χ3v) is 15.4. The Morgan fingerprint density at radius 2 is 1.24 bits per heavy atom. The Balaban J connectivity index is 0.000000199. The van der Waals surface area contributed by atoms with Crippen molar-refractivity contribution in [3.8, 4) is 11.4 Å². The fraction of sp³-hybridized carbons (Fsp3) is 0.429. The Morgan fingerprint density at radius 3 is 1.78 bits per heavy atom. The first kappa shape index (κ1) is 56.2. The Hall–Kier alpha value is -5.11. The first-order valence-corrected chi connectivity index (χ1v) is 32.5. The molecule has 0 aliphatic carbocycles. The van der Waals surface area contributed by atoms with Gasteiger partial charge in [-0.3, -0.25) is 19.8 Å². The topological polar surface area (TPSA) is 214 Å². The van der Waals surface area contributed by atoms with Gasteiger partial charge in [0.25, 0.3) is 11.8 Å². The number of benzene rings is 2. The fourth-order valence-electron chi connectivity index (χ4n) is 7.30. The minimum Gasteiger partial charge on any atom is -0.383 e. The van der Waals surface area contributed by atoms with Gasteiger partial charge in [0.1, 0.15) is 40.5 Å². The zero-order valence-electron chi connectivity index (χ0n) is 42.7. The number of aromatic amines is 2. The Bertz CT molecular complexity index is 3110. The summed E-state index contributed by atoms with van der Waals surface area (Å²) in [6, 6.07) is 13.1. The van der Waals surface area contributed by atoms with Gasteiger partial charge in [0, 0.05) is 94.6 Å². The number of amides is 2. The molecule has 18 nitrogen and oxygen atoms in total. The Labute approximate surface area is 439 Å². The zero-order chi connectivity index (χ0) is 52.3. The number of halogens is 3. The monoisotopic (exact) mass is 1120 g/mol. The number of carbonyl (C=O) groups is 2. The van der Waals surface area contributed by atoms with E-state index in [1.54, 1.807) is 45.1 Å². The van der Waals surface area contributed by atoms with E-state index in [-0.39, 0.29) is 23.9 Å². The number of methoxy groups -OCH3 is 2. The van der Waals surface area contributed by atoms with Crippen molar-refractivity contribution in [2.24, 2.45) is 0 Å². The van der Waals surface area contributed by atoms with Crippen molar-refractivity contribution < 1.29 is 28.5 Å². The lowest BCUT2D eigenvalue weighted by molar-refractivity contribution is 0.0874. The van der Waals surface area contributed by atoms with E-state index in [2.05, 4.69) is 101 Å². The van der Waals surface area contributed by atoms with Gasteiger partial charge in [-0.2, -0.15) is 10.2 Å². The van der Waals surface area contributed by atoms with Crippen molar-refractivity contribution in [1.29, 1.82) is 0 Å². The summed E-state index contributed by atoms with van der Waals surface area (Å²) in [5.41, 5.74) is 7.16. The standard InChI is InChI=1S/C24H31ClN6O3Si.C17H27BrN4O3Si.C8H7ClN2/c1-15(13-33-2)27-24(32)18-12-31(14-34-8-9-35(3,4)5)23-22(18)28-20(11-26-23)21-17-7-6-16(25)10-19(17)29-30-21;1-12(10-24-2)20-17(23)13-9-22(11-25-6-7-26(3,4)5)16-15(13)21-14(18)8-19-16;1-5-7-3-2-6(9)4-8(7)11-10-5/h6-7,10-12,15H,8-9,13-14H2,1-5H3,(H,27,32)(H,29,30);8-9,12H,6-7,10-11H2,1-5H3,(H,20,23);2-4H,1H3,(H,10,11)/t15-;12-;/m00./s1. The quantitative estimate of drug-likeness (QED) is 0.0440. The summed E-state index contributed by atoms with van der Waals surface area (Å²) in [5.74, 6) is -0.446. The average Bonchev–Trinajstić information content (AvgIpc) is 4.09. The highest BCUT2D eigenvalue weighted by atomic mass is 79.9. The van der Waals surface area contributed by atoms with E-state index in [4.69, 9.17) is 47.1 Å². The predicted octanol–water partition coefficient (Wildman–Crippen LogP) is 10.5. The van der Waals surface area contributed by atoms with Crippen molar-refractivity contribution in [2.45, 2.75) is 97.7 Å². The summed E-state index contributed by atoms with van der Waals surface area (Å²) in [6.07, 6.45) is 6.79. The second-order valence-corrected chi connectivity index (χ2v) is 32.9. The molecule has 2 aromatic carbocycles. The number of rotatable bonds is 19. The highest BCUT2D eigenvalue weighted by Crippen LogP contribution is 2.29. The molecule has 0 unspecified atom stereocenters. The fourth-order valence-corrected chi connectivity index (χ4v) is 9.43. The van der Waals surface area contributed by atoms with Gasteiger partial charge in [0.15, 0.2) is 11.3 Å². The molecule has 2 amide bonds. The van der Waals surface area contributed by atoms with E-state index >= 15 is 0 Å². The Kier molecular flexibility index (Phi) is 19.7. The molecule has 6 heterocycles. The molecule has 8 rings (SSSR count). The maximum atomic E-state index is 13.1. The molecular weight excluding hydrogens is 1060 g/mol. The minimum absolute atomic E-state index is 0.0981. The number of hydrogen-bond acceptors (Lipinski definition) is 12. The van der Waals surface area contributed by atoms with Crippen LogP contribution >= 0.6 is 39.1 Å². The molecule has 0 saturated carbocycles. The summed E-state index contributed by atoms with van der Waals surface area (Å²) < 4.78 is 26.2. The van der Waals surface area contributed by atoms with Crippen LogP contribution in [0.1, 0.15) is 40.3 Å². The van der Waals surface area contributed by atoms with Crippen LogP contribution in [0.4, 0.5) is 0 Å². The molecule has 4 N–H and O–H groups in total. The van der Waals surface area contributed by atoms with Crippen LogP contribution in [-0.4, -0.2) is 130 Å². The molecule has 0 radical (unpaired) electrons. The third kappa shape index (κ3) is 15.5. The summed E-state index contributed by atoms with van der Waals surface area (Å²) in [5, 5.41) is 23.6. The lowest BCUT2D eigenvalue weighted by Crippen LogP contribution is -2.35. The minimum atomic E-state index is -1.21. The summed E-state index contributed by atoms with van der Waals surface area (Å²) >= 11 is 15.2. The molecule has 72 heavy (non-hydrogen) atoms. The van der Waals surface area contributed by atoms with Gasteiger partial charge in [-0.15, -0.1) is 0 Å². The largest absolute Gasteiger partial charge is 0.383 e. The number of carbonyl (C=O) groups excluding carboxylic acids is 2. The molecule has 0 saturated heterocycles. The Morgan fingerprint density at radius 1 is 0.722 bits per heavy atom. The molecule has 0 spiro atoms. The molecule has 8 aromatic rings. The van der Waals surface area contributed by atoms with Gasteiger partial charge in [-0.05, 0) is 85.2 Å². The molecule has 0 aliphatic heterocycles. The smallest absolute Gasteiger partial charge is 0.255 e. The second-order valence-electron chi connectivity index (χ2n) is 19.9. The lowest BCUT2D eigenvalue weighted by Gasteiger charge is -2.15. The SMILES string of the molecule is COC[C@H](C)NC(=O)c1cn(COCC[Si](C)(C)C)c2ncc(-c3n[nH]c4cc(Cl)ccc34)nc12.COC[C@H](C)NC(=O)c1cn(COCC[Si](C)(C)C)c2ncc(Br)nc12.Cc1[nH]nc2cc(Cl)ccc12. The van der Waals surface area contributed by atoms with Gasteiger partial charge in [0.05, 0.1) is 47.8 Å². The normalized spacial score (nSPS) is 12.7. The molecule has 23 heteroatoms. The van der Waals surface area contributed by atoms with Crippen LogP contribution in [0.5, 0.6) is 0 Å². The van der Waals surface area contributed by atoms with Gasteiger partial charge in [-0.25, -0.2) is 19.9 Å². The average molecular weight is 1130 g/mol. The highest BCUT2D eigenvalue weighted by molar-refractivity contribution is 9.10. The van der Waals surface area contributed by atoms with Gasteiger partial charge in [0.2, 0.25) is 0 Å². The number of aromatic nitrogens is 10. The lowest BCUT2D eigenvalue weighted by atomic mass is 10.1. The second kappa shape index (κ2) is 25.2. The van der Waals surface area contributed by atoms with Crippen LogP contribution in [-0.2, 0) is 32.4 Å². The molecular formula is C49H65BrCl2N12O6Si2. The predicted molar refractivity (Wildman–Crippen MR) is 295 cm³/mol. The summed E-state index contributed by atoms with van der Waals surface area (Å²) in [7, 11) is 0.860. The van der Waals surface area contributed by atoms with Gasteiger partial charge < -0.3 is 38.7 Å². The summed E-state index contributed by atoms with van der Waals surface area (Å²) in [4.78, 5) is 44.1. The van der Waals surface area contributed by atoms with Crippen molar-refractivity contribution in [1.82, 2.24) is 60.1 Å². The van der Waals surface area contributed by atoms with Crippen LogP contribution in [0.3, 0.4) is 0 Å². The van der Waals surface area contributed by atoms with Crippen LogP contribution in [0.2, 0.25) is 61.4 Å². The molecule has 0 aliphatic rings. The van der Waals surface area contributed by atoms with E-state index in [0.29, 0.717) is 94.4 Å². The van der Waals surface area contributed by atoms with E-state index < -0.39 is 16.1 Å². The zero-order valence-corrected chi connectivity index (χ0v) is 47.8. The molecule has 386 valence electrons. The van der Waals surface area contributed by atoms with Gasteiger partial charge >= 0.3 is 0 Å². The highest BCUT2D eigenvalue weighted by Gasteiger charge is 2.23. The van der Waals surface area contributed by atoms with E-state index in [9.17, 15) is 9.59 Å². The van der Waals surface area contributed by atoms with Crippen LogP contribution in [0, 0.1) is 6.92 Å². The van der Waals surface area contributed by atoms with E-state index in [0.717, 1.165) is 44.6 Å². The van der Waals surface area contributed by atoms with Gasteiger partial charge in [-0.1, -0.05) is 62.5 Å². The number of nitrogens with zero attached hydrogens (tertiary/aromatic N) is 8. The first-order chi connectivity index (χ1) is 34.1. The molecule has 0 bridgehead atoms. The molecule has 6 aromatic heterocycles. The molecule has 0 fully saturated rings. The number of fused-ring (bicyclic) bond motifs is 4. The van der Waals surface area contributed by atoms with Crippen molar-refractivity contribution in [2.75, 3.05) is 40.6 Å². The summed E-state index contributed by atoms with van der Waals surface area (Å²) in [6.45, 7) is 22.5. The number of ether oxygens (including phenoxy) is 4. The third-order valence-electron chi connectivity index (χ3n) is 11.1. The van der Waals surface area contributed by atoms with Crippen molar-refractivity contribution in [3.05, 3.63) is 92.7 Å².